The third-order valence-corrected chi connectivity index (χ3v) is 3.25. The molecule has 6 heteroatoms. The quantitative estimate of drug-likeness (QED) is 0.754. The molecular formula is C12H22BNO4. The van der Waals surface area contributed by atoms with Crippen LogP contribution in [0.2, 0.25) is 0 Å². The van der Waals surface area contributed by atoms with E-state index in [1.54, 1.807) is 40.0 Å². The zero-order valence-electron chi connectivity index (χ0n) is 11.9. The third kappa shape index (κ3) is 3.28. The van der Waals surface area contributed by atoms with E-state index in [0.29, 0.717) is 5.66 Å². The van der Waals surface area contributed by atoms with E-state index in [-0.39, 0.29) is 0 Å². The maximum Gasteiger partial charge on any atom is 0.529 e. The molecule has 18 heavy (non-hydrogen) atoms. The fourth-order valence-corrected chi connectivity index (χ4v) is 1.19. The Labute approximate surface area is 108 Å². The summed E-state index contributed by atoms with van der Waals surface area (Å²) in [5.74, 6) is 0. The van der Waals surface area contributed by atoms with Crippen LogP contribution in [0.5, 0.6) is 0 Å². The molecule has 0 aromatic carbocycles. The second-order valence-corrected chi connectivity index (χ2v) is 5.64. The van der Waals surface area contributed by atoms with E-state index >= 15 is 0 Å². The van der Waals surface area contributed by atoms with E-state index in [1.165, 1.54) is 0 Å². The first-order chi connectivity index (χ1) is 8.04. The lowest BCUT2D eigenvalue weighted by Gasteiger charge is -2.38. The zero-order chi connectivity index (χ0) is 14.1. The lowest BCUT2D eigenvalue weighted by atomic mass is 9.81. The van der Waals surface area contributed by atoms with Gasteiger partial charge in [-0.05, 0) is 33.8 Å². The van der Waals surface area contributed by atoms with Gasteiger partial charge in [0.2, 0.25) is 0 Å². The molecule has 0 amide bonds. The molecule has 2 N–H and O–H groups in total. The molecule has 0 spiro atoms. The number of hydrogen-bond acceptors (Lipinski definition) is 5. The topological polar surface area (TPSA) is 66.1 Å². The highest BCUT2D eigenvalue weighted by molar-refractivity contribution is 6.58. The maximum atomic E-state index is 9.97. The zero-order valence-corrected chi connectivity index (χ0v) is 11.9. The lowest BCUT2D eigenvalue weighted by Crippen LogP contribution is -2.52. The molecule has 0 bridgehead atoms. The van der Waals surface area contributed by atoms with Crippen molar-refractivity contribution in [3.05, 3.63) is 12.3 Å². The number of nitrogens with zero attached hydrogens (tertiary/aromatic N) is 1. The fourth-order valence-electron chi connectivity index (χ4n) is 1.19. The van der Waals surface area contributed by atoms with Crippen LogP contribution in [0.4, 0.5) is 5.69 Å². The smallest absolute Gasteiger partial charge is 0.471 e. The Kier molecular flexibility index (Phi) is 4.15. The molecular weight excluding hydrogens is 233 g/mol. The van der Waals surface area contributed by atoms with Crippen molar-refractivity contribution in [1.82, 2.24) is 0 Å². The minimum Gasteiger partial charge on any atom is -0.471 e. The molecule has 1 aromatic heterocycles. The molecule has 0 atom stereocenters. The summed E-state index contributed by atoms with van der Waals surface area (Å²) in [4.78, 5) is 1.86. The van der Waals surface area contributed by atoms with Crippen molar-refractivity contribution < 1.29 is 19.2 Å². The summed E-state index contributed by atoms with van der Waals surface area (Å²) in [5, 5.41) is 19.9. The average molecular weight is 255 g/mol. The van der Waals surface area contributed by atoms with Crippen LogP contribution in [-0.2, 0) is 4.65 Å². The van der Waals surface area contributed by atoms with Crippen LogP contribution in [0.3, 0.4) is 0 Å². The molecule has 102 valence electrons. The molecule has 1 heterocycles. The molecule has 0 radical (unpaired) electrons. The summed E-state index contributed by atoms with van der Waals surface area (Å²) in [7, 11) is 2.55. The molecule has 0 saturated carbocycles. The first kappa shape index (κ1) is 15.1. The molecule has 0 aliphatic carbocycles. The van der Waals surface area contributed by atoms with Crippen molar-refractivity contribution in [2.75, 3.05) is 19.0 Å². The summed E-state index contributed by atoms with van der Waals surface area (Å²) < 4.78 is 10.7. The minimum atomic E-state index is -1.21. The molecule has 0 aliphatic rings. The predicted molar refractivity (Wildman–Crippen MR) is 72.1 cm³/mol. The van der Waals surface area contributed by atoms with Gasteiger partial charge in [-0.2, -0.15) is 0 Å². The molecule has 0 fully saturated rings. The largest absolute Gasteiger partial charge is 0.529 e. The van der Waals surface area contributed by atoms with E-state index in [2.05, 4.69) is 0 Å². The first-order valence-electron chi connectivity index (χ1n) is 5.88. The van der Waals surface area contributed by atoms with Crippen LogP contribution in [-0.4, -0.2) is 42.5 Å². The van der Waals surface area contributed by atoms with Gasteiger partial charge in [0, 0.05) is 14.1 Å². The van der Waals surface area contributed by atoms with E-state index in [0.717, 1.165) is 5.69 Å². The third-order valence-electron chi connectivity index (χ3n) is 3.25. The van der Waals surface area contributed by atoms with E-state index < -0.39 is 18.3 Å². The van der Waals surface area contributed by atoms with Gasteiger partial charge in [0.1, 0.15) is 11.9 Å². The SMILES string of the molecule is CN(C)c1coc(B(O)OC(C)(C)C(C)(C)O)c1. The van der Waals surface area contributed by atoms with Gasteiger partial charge in [0.25, 0.3) is 0 Å². The normalized spacial score (nSPS) is 12.7. The average Bonchev–Trinajstić information content (AvgIpc) is 2.63. The standard InChI is InChI=1S/C12H22BNO4/c1-11(2,15)12(3,4)18-13(16)10-7-9(8-17-10)14(5)6/h7-8,15-16H,1-6H3. The van der Waals surface area contributed by atoms with Crippen molar-refractivity contribution in [3.8, 4) is 0 Å². The second-order valence-electron chi connectivity index (χ2n) is 5.64. The van der Waals surface area contributed by atoms with Crippen molar-refractivity contribution in [2.45, 2.75) is 38.9 Å². The van der Waals surface area contributed by atoms with Crippen LogP contribution in [0.25, 0.3) is 0 Å². The van der Waals surface area contributed by atoms with Gasteiger partial charge in [-0.25, -0.2) is 0 Å². The predicted octanol–water partition coefficient (Wildman–Crippen LogP) is 0.599. The van der Waals surface area contributed by atoms with Gasteiger partial charge in [-0.3, -0.25) is 0 Å². The number of rotatable bonds is 5. The van der Waals surface area contributed by atoms with Gasteiger partial charge in [0.05, 0.1) is 16.9 Å². The van der Waals surface area contributed by atoms with Crippen molar-refractivity contribution >= 4 is 18.5 Å². The van der Waals surface area contributed by atoms with Crippen LogP contribution < -0.4 is 10.6 Å². The second kappa shape index (κ2) is 4.95. The fraction of sp³-hybridized carbons (Fsp3) is 0.667. The van der Waals surface area contributed by atoms with Gasteiger partial charge < -0.3 is 24.1 Å². The van der Waals surface area contributed by atoms with Gasteiger partial charge in [-0.15, -0.1) is 0 Å². The Morgan fingerprint density at radius 2 is 1.83 bits per heavy atom. The molecule has 5 nitrogen and oxygen atoms in total. The number of hydrogen-bond donors (Lipinski definition) is 2. The molecule has 0 saturated heterocycles. The number of anilines is 1. The Balaban J connectivity index is 2.79. The van der Waals surface area contributed by atoms with Crippen LogP contribution in [0, 0.1) is 0 Å². The van der Waals surface area contributed by atoms with Crippen molar-refractivity contribution in [3.63, 3.8) is 0 Å². The van der Waals surface area contributed by atoms with Gasteiger partial charge >= 0.3 is 7.12 Å². The highest BCUT2D eigenvalue weighted by Gasteiger charge is 2.40. The number of furan rings is 1. The van der Waals surface area contributed by atoms with E-state index in [4.69, 9.17) is 9.07 Å². The number of aliphatic hydroxyl groups is 1. The van der Waals surface area contributed by atoms with Crippen LogP contribution in [0.1, 0.15) is 27.7 Å². The van der Waals surface area contributed by atoms with Crippen molar-refractivity contribution in [1.29, 1.82) is 0 Å². The Hall–Kier alpha value is -0.975. The van der Waals surface area contributed by atoms with E-state index in [1.807, 2.05) is 19.0 Å². The summed E-state index contributed by atoms with van der Waals surface area (Å²) in [6, 6.07) is 1.70. The van der Waals surface area contributed by atoms with Gasteiger partial charge in [-0.1, -0.05) is 0 Å². The van der Waals surface area contributed by atoms with Crippen molar-refractivity contribution in [2.24, 2.45) is 0 Å². The van der Waals surface area contributed by atoms with Crippen LogP contribution in [0.15, 0.2) is 16.7 Å². The Morgan fingerprint density at radius 3 is 2.22 bits per heavy atom. The minimum absolute atomic E-state index is 0.316. The monoisotopic (exact) mass is 255 g/mol. The lowest BCUT2D eigenvalue weighted by molar-refractivity contribution is -0.0986. The summed E-state index contributed by atoms with van der Waals surface area (Å²) in [6.45, 7) is 6.69. The summed E-state index contributed by atoms with van der Waals surface area (Å²) in [6.07, 6.45) is 1.54. The molecule has 0 unspecified atom stereocenters. The Morgan fingerprint density at radius 1 is 1.28 bits per heavy atom. The molecule has 1 rings (SSSR count). The summed E-state index contributed by atoms with van der Waals surface area (Å²) >= 11 is 0. The Bertz CT molecular complexity index is 395. The first-order valence-corrected chi connectivity index (χ1v) is 5.88. The van der Waals surface area contributed by atoms with Gasteiger partial charge in [0.15, 0.2) is 0 Å². The van der Waals surface area contributed by atoms with E-state index in [9.17, 15) is 10.1 Å². The maximum absolute atomic E-state index is 9.97. The highest BCUT2D eigenvalue weighted by Crippen LogP contribution is 2.25. The molecule has 1 aromatic rings. The van der Waals surface area contributed by atoms with Crippen LogP contribution >= 0.6 is 0 Å². The molecule has 0 aliphatic heterocycles. The summed E-state index contributed by atoms with van der Waals surface area (Å²) in [5.41, 5.74) is -0.827. The highest BCUT2D eigenvalue weighted by atomic mass is 16.6.